The standard InChI is InChI=1S/C32H26O2/c1-3-19-13-15-23-27(17-19)31(33)25-11-7-5-9-21(25)29(23)30-22-10-6-8-12-26(22)32(34)28-18-20(4-2)14-16-24(28)30/h5-18,33-34H,3-4H2,1-2H3. The lowest BCUT2D eigenvalue weighted by Gasteiger charge is -2.20. The van der Waals surface area contributed by atoms with Gasteiger partial charge in [0, 0.05) is 21.5 Å². The van der Waals surface area contributed by atoms with Crippen molar-refractivity contribution >= 4 is 43.1 Å². The van der Waals surface area contributed by atoms with E-state index in [-0.39, 0.29) is 0 Å². The van der Waals surface area contributed by atoms with Crippen molar-refractivity contribution in [2.45, 2.75) is 26.7 Å². The second-order valence-corrected chi connectivity index (χ2v) is 9.01. The summed E-state index contributed by atoms with van der Waals surface area (Å²) in [4.78, 5) is 0. The fraction of sp³-hybridized carbons (Fsp3) is 0.125. The lowest BCUT2D eigenvalue weighted by Crippen LogP contribution is -1.93. The molecule has 0 saturated heterocycles. The van der Waals surface area contributed by atoms with Crippen LogP contribution in [-0.4, -0.2) is 10.2 Å². The minimum Gasteiger partial charge on any atom is -0.507 e. The van der Waals surface area contributed by atoms with Crippen molar-refractivity contribution < 1.29 is 10.2 Å². The Morgan fingerprint density at radius 2 is 0.794 bits per heavy atom. The molecule has 2 nitrogen and oxygen atoms in total. The van der Waals surface area contributed by atoms with E-state index in [1.807, 2.05) is 36.4 Å². The van der Waals surface area contributed by atoms with Gasteiger partial charge in [-0.2, -0.15) is 0 Å². The Balaban J connectivity index is 1.91. The van der Waals surface area contributed by atoms with Crippen LogP contribution in [0.1, 0.15) is 25.0 Å². The molecule has 0 aromatic heterocycles. The average Bonchev–Trinajstić information content (AvgIpc) is 2.90. The highest BCUT2D eigenvalue weighted by Crippen LogP contribution is 2.49. The highest BCUT2D eigenvalue weighted by atomic mass is 16.3. The first-order valence-corrected chi connectivity index (χ1v) is 11.9. The predicted molar refractivity (Wildman–Crippen MR) is 144 cm³/mol. The first-order valence-electron chi connectivity index (χ1n) is 11.9. The van der Waals surface area contributed by atoms with Gasteiger partial charge in [0.1, 0.15) is 11.5 Å². The van der Waals surface area contributed by atoms with Gasteiger partial charge < -0.3 is 10.2 Å². The van der Waals surface area contributed by atoms with Crippen LogP contribution in [0.25, 0.3) is 54.2 Å². The molecule has 2 heteroatoms. The largest absolute Gasteiger partial charge is 0.507 e. The molecule has 6 rings (SSSR count). The third-order valence-corrected chi connectivity index (χ3v) is 7.19. The van der Waals surface area contributed by atoms with Crippen LogP contribution in [0.2, 0.25) is 0 Å². The van der Waals surface area contributed by atoms with Crippen molar-refractivity contribution in [3.63, 3.8) is 0 Å². The quantitative estimate of drug-likeness (QED) is 0.270. The van der Waals surface area contributed by atoms with Crippen LogP contribution in [0.5, 0.6) is 11.5 Å². The zero-order chi connectivity index (χ0) is 23.4. The number of rotatable bonds is 3. The van der Waals surface area contributed by atoms with E-state index in [0.29, 0.717) is 11.5 Å². The maximum atomic E-state index is 11.3. The molecule has 2 N–H and O–H groups in total. The average molecular weight is 443 g/mol. The van der Waals surface area contributed by atoms with Gasteiger partial charge in [0.2, 0.25) is 0 Å². The predicted octanol–water partition coefficient (Wildman–Crippen LogP) is 8.50. The molecule has 0 amide bonds. The van der Waals surface area contributed by atoms with Gasteiger partial charge >= 0.3 is 0 Å². The van der Waals surface area contributed by atoms with Crippen molar-refractivity contribution in [3.05, 3.63) is 96.1 Å². The van der Waals surface area contributed by atoms with Crippen LogP contribution < -0.4 is 0 Å². The van der Waals surface area contributed by atoms with Crippen LogP contribution in [0.4, 0.5) is 0 Å². The summed E-state index contributed by atoms with van der Waals surface area (Å²) in [6.45, 7) is 4.26. The van der Waals surface area contributed by atoms with Gasteiger partial charge in [0.25, 0.3) is 0 Å². The monoisotopic (exact) mass is 442 g/mol. The van der Waals surface area contributed by atoms with Gasteiger partial charge in [-0.3, -0.25) is 0 Å². The number of phenolic OH excluding ortho intramolecular Hbond substituents is 2. The second-order valence-electron chi connectivity index (χ2n) is 9.01. The first-order chi connectivity index (χ1) is 16.6. The molecule has 0 atom stereocenters. The van der Waals surface area contributed by atoms with E-state index in [0.717, 1.165) is 67.1 Å². The number of benzene rings is 6. The number of aryl methyl sites for hydroxylation is 2. The SMILES string of the molecule is CCc1ccc2c(-c3c4ccccc4c(O)c4cc(CC)ccc34)c3ccccc3c(O)c2c1. The second kappa shape index (κ2) is 7.78. The summed E-state index contributed by atoms with van der Waals surface area (Å²) >= 11 is 0. The normalized spacial score (nSPS) is 11.7. The molecule has 0 unspecified atom stereocenters. The van der Waals surface area contributed by atoms with E-state index < -0.39 is 0 Å². The molecule has 0 spiro atoms. The lowest BCUT2D eigenvalue weighted by molar-refractivity contribution is 0.487. The molecule has 0 radical (unpaired) electrons. The number of phenols is 2. The van der Waals surface area contributed by atoms with Crippen LogP contribution >= 0.6 is 0 Å². The molecule has 0 heterocycles. The van der Waals surface area contributed by atoms with Crippen LogP contribution in [0.3, 0.4) is 0 Å². The molecular formula is C32H26O2. The fourth-order valence-corrected chi connectivity index (χ4v) is 5.38. The number of fused-ring (bicyclic) bond motifs is 4. The minimum absolute atomic E-state index is 0.324. The Bertz CT molecular complexity index is 1610. The maximum Gasteiger partial charge on any atom is 0.131 e. The minimum atomic E-state index is 0.324. The summed E-state index contributed by atoms with van der Waals surface area (Å²) in [5.74, 6) is 0.649. The summed E-state index contributed by atoms with van der Waals surface area (Å²) in [5.41, 5.74) is 4.57. The van der Waals surface area contributed by atoms with Crippen molar-refractivity contribution in [3.8, 4) is 22.6 Å². The third kappa shape index (κ3) is 2.88. The zero-order valence-corrected chi connectivity index (χ0v) is 19.4. The van der Waals surface area contributed by atoms with Crippen LogP contribution in [0.15, 0.2) is 84.9 Å². The van der Waals surface area contributed by atoms with Gasteiger partial charge in [-0.1, -0.05) is 86.6 Å². The van der Waals surface area contributed by atoms with Gasteiger partial charge in [-0.25, -0.2) is 0 Å². The Morgan fingerprint density at radius 3 is 1.18 bits per heavy atom. The van der Waals surface area contributed by atoms with Gasteiger partial charge in [-0.15, -0.1) is 0 Å². The first kappa shape index (κ1) is 20.6. The van der Waals surface area contributed by atoms with Crippen molar-refractivity contribution in [1.29, 1.82) is 0 Å². The lowest BCUT2D eigenvalue weighted by atomic mass is 9.84. The Morgan fingerprint density at radius 1 is 0.441 bits per heavy atom. The van der Waals surface area contributed by atoms with E-state index >= 15 is 0 Å². The number of hydrogen-bond donors (Lipinski definition) is 2. The van der Waals surface area contributed by atoms with Crippen molar-refractivity contribution in [2.24, 2.45) is 0 Å². The Kier molecular flexibility index (Phi) is 4.70. The molecule has 0 saturated carbocycles. The highest BCUT2D eigenvalue weighted by molar-refractivity contribution is 6.26. The Hall–Kier alpha value is -4.04. The maximum absolute atomic E-state index is 11.3. The smallest absolute Gasteiger partial charge is 0.131 e. The van der Waals surface area contributed by atoms with Crippen molar-refractivity contribution in [1.82, 2.24) is 0 Å². The zero-order valence-electron chi connectivity index (χ0n) is 19.4. The molecule has 0 fully saturated rings. The van der Waals surface area contributed by atoms with E-state index in [2.05, 4.69) is 62.4 Å². The molecule has 166 valence electrons. The molecule has 0 aliphatic heterocycles. The molecule has 0 bridgehead atoms. The molecule has 6 aromatic carbocycles. The summed E-state index contributed by atoms with van der Waals surface area (Å²) < 4.78 is 0. The van der Waals surface area contributed by atoms with E-state index in [1.54, 1.807) is 0 Å². The summed E-state index contributed by atoms with van der Waals surface area (Å²) in [7, 11) is 0. The van der Waals surface area contributed by atoms with Crippen molar-refractivity contribution in [2.75, 3.05) is 0 Å². The third-order valence-electron chi connectivity index (χ3n) is 7.19. The fourth-order valence-electron chi connectivity index (χ4n) is 5.38. The number of hydrogen-bond acceptors (Lipinski definition) is 2. The number of aromatic hydroxyl groups is 2. The summed E-state index contributed by atoms with van der Waals surface area (Å²) in [6.07, 6.45) is 1.81. The summed E-state index contributed by atoms with van der Waals surface area (Å²) in [5, 5.41) is 30.1. The van der Waals surface area contributed by atoms with E-state index in [9.17, 15) is 10.2 Å². The van der Waals surface area contributed by atoms with E-state index in [1.165, 1.54) is 11.1 Å². The van der Waals surface area contributed by atoms with E-state index in [4.69, 9.17) is 0 Å². The van der Waals surface area contributed by atoms with Gasteiger partial charge in [-0.05, 0) is 68.8 Å². The highest BCUT2D eigenvalue weighted by Gasteiger charge is 2.21. The van der Waals surface area contributed by atoms with Gasteiger partial charge in [0.15, 0.2) is 0 Å². The summed E-state index contributed by atoms with van der Waals surface area (Å²) in [6, 6.07) is 29.0. The molecule has 6 aromatic rings. The van der Waals surface area contributed by atoms with Crippen LogP contribution in [0, 0.1) is 0 Å². The van der Waals surface area contributed by atoms with Crippen LogP contribution in [-0.2, 0) is 12.8 Å². The Labute approximate surface area is 198 Å². The van der Waals surface area contributed by atoms with Gasteiger partial charge in [0.05, 0.1) is 0 Å². The molecular weight excluding hydrogens is 416 g/mol. The molecule has 34 heavy (non-hydrogen) atoms. The molecule has 0 aliphatic carbocycles. The topological polar surface area (TPSA) is 40.5 Å². The molecule has 0 aliphatic rings.